The number of anilines is 2. The second-order valence-corrected chi connectivity index (χ2v) is 13.0. The molecule has 1 atom stereocenters. The summed E-state index contributed by atoms with van der Waals surface area (Å²) in [7, 11) is 0. The minimum absolute atomic E-state index is 0.0300. The molecule has 16 heteroatoms. The van der Waals surface area contributed by atoms with Crippen molar-refractivity contribution in [3.63, 3.8) is 0 Å². The molecule has 13 nitrogen and oxygen atoms in total. The summed E-state index contributed by atoms with van der Waals surface area (Å²) in [6.07, 6.45) is 2.66. The van der Waals surface area contributed by atoms with E-state index in [1.807, 2.05) is 4.90 Å². The Balaban J connectivity index is 1.02. The van der Waals surface area contributed by atoms with Gasteiger partial charge in [-0.25, -0.2) is 4.98 Å². The summed E-state index contributed by atoms with van der Waals surface area (Å²) in [5.74, 6) is 3.48. The van der Waals surface area contributed by atoms with Crippen molar-refractivity contribution in [3.05, 3.63) is 70.8 Å². The summed E-state index contributed by atoms with van der Waals surface area (Å²) in [5, 5.41) is 18.2. The zero-order valence-electron chi connectivity index (χ0n) is 26.9. The Morgan fingerprint density at radius 3 is 2.47 bits per heavy atom. The van der Waals surface area contributed by atoms with Crippen LogP contribution in [0, 0.1) is 29.1 Å². The maximum atomic E-state index is 13.7. The van der Waals surface area contributed by atoms with Crippen LogP contribution in [0.15, 0.2) is 42.9 Å². The third-order valence-corrected chi connectivity index (χ3v) is 9.77. The molecule has 2 N–H and O–H groups in total. The summed E-state index contributed by atoms with van der Waals surface area (Å²) < 4.78 is 42.0. The van der Waals surface area contributed by atoms with Crippen LogP contribution in [-0.4, -0.2) is 68.3 Å². The molecular formula is C35H29F3N8O5. The van der Waals surface area contributed by atoms with Gasteiger partial charge in [-0.05, 0) is 43.5 Å². The molecule has 51 heavy (non-hydrogen) atoms. The number of pyridine rings is 1. The van der Waals surface area contributed by atoms with E-state index < -0.39 is 58.6 Å². The van der Waals surface area contributed by atoms with Crippen LogP contribution >= 0.6 is 0 Å². The fourth-order valence-corrected chi connectivity index (χ4v) is 7.03. The number of hydrogen-bond donors (Lipinski definition) is 2. The molecule has 0 spiro atoms. The Morgan fingerprint density at radius 2 is 1.76 bits per heavy atom. The molecule has 4 aliphatic rings. The first-order valence-corrected chi connectivity index (χ1v) is 16.3. The van der Waals surface area contributed by atoms with Gasteiger partial charge < -0.3 is 10.2 Å². The number of fused-ring (bicyclic) bond motifs is 1. The molecule has 2 aromatic heterocycles. The molecule has 0 bridgehead atoms. The van der Waals surface area contributed by atoms with Crippen molar-refractivity contribution in [2.24, 2.45) is 5.92 Å². The number of imide groups is 2. The van der Waals surface area contributed by atoms with Gasteiger partial charge in [0.05, 0.1) is 46.3 Å². The number of nitrogens with one attached hydrogen (secondary N) is 2. The number of nitrogens with zero attached hydrogens (tertiary/aromatic N) is 6. The number of hydrogen-bond acceptors (Lipinski definition) is 9. The standard InChI is InChI=1S/C35H29F3N8O5/c36-35(37,38)26-12-22(16-40-27(26)14-39)42-33(51)34(10-2-1-3-11-34)45-19-20(15-41-45)4-5-21-17-44(18-21)23-6-7-24-25(13-23)32(50)46(31(24)49)28-8-9-29(47)43-30(28)48/h6-7,12-13,15-16,19,21,28H,1-3,8-11,17-18H2,(H,42,51)(H,43,47,48). The fraction of sp³-hybridized carbons (Fsp3) is 0.371. The maximum absolute atomic E-state index is 13.7. The molecule has 260 valence electrons. The minimum atomic E-state index is -4.82. The first kappa shape index (κ1) is 33.5. The number of amides is 5. The summed E-state index contributed by atoms with van der Waals surface area (Å²) >= 11 is 0. The number of aromatic nitrogens is 3. The largest absolute Gasteiger partial charge is 0.419 e. The lowest BCUT2D eigenvalue weighted by atomic mass is 9.81. The quantitative estimate of drug-likeness (QED) is 0.300. The first-order chi connectivity index (χ1) is 24.4. The van der Waals surface area contributed by atoms with Gasteiger partial charge in [0.25, 0.3) is 17.7 Å². The van der Waals surface area contributed by atoms with Crippen LogP contribution < -0.4 is 15.5 Å². The van der Waals surface area contributed by atoms with Gasteiger partial charge in [0.15, 0.2) is 5.69 Å². The number of piperidine rings is 1. The van der Waals surface area contributed by atoms with E-state index in [1.165, 1.54) is 16.9 Å². The maximum Gasteiger partial charge on any atom is 0.419 e. The van der Waals surface area contributed by atoms with Crippen molar-refractivity contribution < 1.29 is 37.1 Å². The predicted octanol–water partition coefficient (Wildman–Crippen LogP) is 3.36. The second kappa shape index (κ2) is 12.7. The second-order valence-electron chi connectivity index (χ2n) is 13.0. The molecule has 0 radical (unpaired) electrons. The van der Waals surface area contributed by atoms with Crippen LogP contribution in [0.25, 0.3) is 0 Å². The van der Waals surface area contributed by atoms with E-state index >= 15 is 0 Å². The molecular weight excluding hydrogens is 669 g/mol. The van der Waals surface area contributed by atoms with Crippen molar-refractivity contribution in [1.82, 2.24) is 25.0 Å². The highest BCUT2D eigenvalue weighted by Crippen LogP contribution is 2.38. The highest BCUT2D eigenvalue weighted by molar-refractivity contribution is 6.23. The molecule has 5 amide bonds. The Bertz CT molecular complexity index is 2100. The van der Waals surface area contributed by atoms with E-state index in [0.29, 0.717) is 50.4 Å². The monoisotopic (exact) mass is 698 g/mol. The van der Waals surface area contributed by atoms with Gasteiger partial charge in [-0.1, -0.05) is 31.1 Å². The molecule has 1 aliphatic carbocycles. The minimum Gasteiger partial charge on any atom is -0.369 e. The Morgan fingerprint density at radius 1 is 1.02 bits per heavy atom. The van der Waals surface area contributed by atoms with Crippen LogP contribution in [0.5, 0.6) is 0 Å². The molecule has 3 aliphatic heterocycles. The number of halogens is 3. The summed E-state index contributed by atoms with van der Waals surface area (Å²) in [5.41, 5.74) is -1.68. The Kier molecular flexibility index (Phi) is 8.33. The summed E-state index contributed by atoms with van der Waals surface area (Å²) in [6.45, 7) is 1.09. The average Bonchev–Trinajstić information content (AvgIpc) is 3.66. The van der Waals surface area contributed by atoms with Crippen LogP contribution in [0.4, 0.5) is 24.5 Å². The third-order valence-electron chi connectivity index (χ3n) is 9.77. The lowest BCUT2D eigenvalue weighted by Gasteiger charge is -2.38. The van der Waals surface area contributed by atoms with E-state index in [2.05, 4.69) is 32.6 Å². The smallest absolute Gasteiger partial charge is 0.369 e. The molecule has 3 fully saturated rings. The Labute approximate surface area is 288 Å². The average molecular weight is 699 g/mol. The third kappa shape index (κ3) is 6.07. The molecule has 1 unspecified atom stereocenters. The number of carbonyl (C=O) groups excluding carboxylic acids is 5. The Hall–Kier alpha value is -6.03. The molecule has 7 rings (SSSR count). The van der Waals surface area contributed by atoms with Gasteiger partial charge in [-0.2, -0.15) is 23.5 Å². The van der Waals surface area contributed by atoms with E-state index in [9.17, 15) is 37.1 Å². The number of nitriles is 1. The van der Waals surface area contributed by atoms with Gasteiger partial charge in [-0.3, -0.25) is 38.9 Å². The van der Waals surface area contributed by atoms with Crippen LogP contribution in [0.3, 0.4) is 0 Å². The van der Waals surface area contributed by atoms with E-state index in [-0.39, 0.29) is 35.6 Å². The van der Waals surface area contributed by atoms with E-state index in [4.69, 9.17) is 5.26 Å². The molecule has 1 saturated carbocycles. The zero-order chi connectivity index (χ0) is 36.1. The van der Waals surface area contributed by atoms with Crippen molar-refractivity contribution in [2.75, 3.05) is 23.3 Å². The van der Waals surface area contributed by atoms with Gasteiger partial charge in [0.2, 0.25) is 11.8 Å². The van der Waals surface area contributed by atoms with E-state index in [1.54, 1.807) is 24.4 Å². The highest BCUT2D eigenvalue weighted by atomic mass is 19.4. The highest BCUT2D eigenvalue weighted by Gasteiger charge is 2.46. The van der Waals surface area contributed by atoms with Gasteiger partial charge >= 0.3 is 6.18 Å². The van der Waals surface area contributed by atoms with Crippen molar-refractivity contribution in [3.8, 4) is 17.9 Å². The van der Waals surface area contributed by atoms with Crippen molar-refractivity contribution in [2.45, 2.75) is 62.7 Å². The van der Waals surface area contributed by atoms with Crippen molar-refractivity contribution in [1.29, 1.82) is 5.26 Å². The van der Waals surface area contributed by atoms with Gasteiger partial charge in [0, 0.05) is 31.4 Å². The molecule has 1 aromatic carbocycles. The molecule has 3 aromatic rings. The normalized spacial score (nSPS) is 20.2. The first-order valence-electron chi connectivity index (χ1n) is 16.3. The number of rotatable bonds is 5. The van der Waals surface area contributed by atoms with Crippen LogP contribution in [0.2, 0.25) is 0 Å². The van der Waals surface area contributed by atoms with Crippen LogP contribution in [-0.2, 0) is 26.1 Å². The lowest BCUT2D eigenvalue weighted by Crippen LogP contribution is -2.54. The SMILES string of the molecule is N#Cc1ncc(NC(=O)C2(n3cc(C#CC4CN(c5ccc6c(c5)C(=O)N(C5CCC(=O)NC5=O)C6=O)C4)cn3)CCCCC2)cc1C(F)(F)F. The predicted molar refractivity (Wildman–Crippen MR) is 172 cm³/mol. The summed E-state index contributed by atoms with van der Waals surface area (Å²) in [4.78, 5) is 70.3. The van der Waals surface area contributed by atoms with Gasteiger partial charge in [-0.15, -0.1) is 0 Å². The van der Waals surface area contributed by atoms with Crippen molar-refractivity contribution >= 4 is 40.9 Å². The van der Waals surface area contributed by atoms with Gasteiger partial charge in [0.1, 0.15) is 17.6 Å². The number of benzene rings is 1. The molecule has 2 saturated heterocycles. The van der Waals surface area contributed by atoms with E-state index in [0.717, 1.165) is 23.2 Å². The van der Waals surface area contributed by atoms with Crippen LogP contribution in [0.1, 0.15) is 82.5 Å². The number of carbonyl (C=O) groups is 5. The lowest BCUT2D eigenvalue weighted by molar-refractivity contribution is -0.138. The number of alkyl halides is 3. The fourth-order valence-electron chi connectivity index (χ4n) is 7.03. The molecule has 5 heterocycles. The topological polar surface area (TPSA) is 170 Å². The summed E-state index contributed by atoms with van der Waals surface area (Å²) in [6, 6.07) is 6.02. The zero-order valence-corrected chi connectivity index (χ0v) is 26.9.